The molecule has 0 fully saturated rings. The Kier molecular flexibility index (Phi) is 12.7. The summed E-state index contributed by atoms with van der Waals surface area (Å²) in [6.45, 7) is 5.18. The molecule has 1 N–H and O–H groups in total. The molecule has 2 atom stereocenters. The topological polar surface area (TPSA) is 74.2 Å². The highest BCUT2D eigenvalue weighted by atomic mass is 127. The summed E-state index contributed by atoms with van der Waals surface area (Å²) < 4.78 is 20.9. The van der Waals surface area contributed by atoms with Gasteiger partial charge in [0, 0.05) is 21.2 Å². The predicted molar refractivity (Wildman–Crippen MR) is 76.8 cm³/mol. The van der Waals surface area contributed by atoms with Crippen LogP contribution in [0, 0.1) is 0 Å². The average Bonchev–Trinajstić information content (AvgIpc) is 2.33. The lowest BCUT2D eigenvalue weighted by Crippen LogP contribution is -2.28. The van der Waals surface area contributed by atoms with E-state index in [1.807, 2.05) is 35.1 Å². The fraction of sp³-hybridized carbons (Fsp3) is 0.900. The van der Waals surface area contributed by atoms with Crippen LogP contribution in [0.5, 0.6) is 0 Å². The molecule has 8 heteroatoms. The van der Waals surface area contributed by atoms with Crippen molar-refractivity contribution in [2.45, 2.75) is 26.1 Å². The van der Waals surface area contributed by atoms with Gasteiger partial charge in [0.05, 0.1) is 47.8 Å². The van der Waals surface area contributed by atoms with Gasteiger partial charge in [-0.05, 0) is 13.8 Å². The molecule has 0 saturated carbocycles. The van der Waals surface area contributed by atoms with Gasteiger partial charge >= 0.3 is 5.97 Å². The van der Waals surface area contributed by atoms with Gasteiger partial charge in [-0.25, -0.2) is 4.79 Å². The van der Waals surface area contributed by atoms with E-state index in [9.17, 15) is 4.79 Å². The van der Waals surface area contributed by atoms with Gasteiger partial charge in [0.25, 0.3) is 0 Å². The molecule has 0 bridgehead atoms. The molecule has 0 aromatic heterocycles. The van der Waals surface area contributed by atoms with Crippen molar-refractivity contribution in [1.29, 1.82) is 0 Å². The molecule has 18 heavy (non-hydrogen) atoms. The van der Waals surface area contributed by atoms with Crippen molar-refractivity contribution in [2.75, 3.05) is 33.0 Å². The highest BCUT2D eigenvalue weighted by Crippen LogP contribution is 2.11. The smallest absolute Gasteiger partial charge is 0.329 e. The molecular formula is C10H19IO6S. The number of carbonyl (C=O) groups is 1. The van der Waals surface area contributed by atoms with Crippen molar-refractivity contribution in [3.63, 3.8) is 0 Å². The zero-order valence-electron chi connectivity index (χ0n) is 10.5. The lowest BCUT2D eigenvalue weighted by atomic mass is 10.2. The molecule has 2 unspecified atom stereocenters. The number of carboxylic acids is 1. The average molecular weight is 394 g/mol. The van der Waals surface area contributed by atoms with Crippen molar-refractivity contribution >= 4 is 36.4 Å². The van der Waals surface area contributed by atoms with E-state index in [0.717, 1.165) is 0 Å². The van der Waals surface area contributed by atoms with Crippen LogP contribution in [0.3, 0.4) is 0 Å². The number of carboxylic acid groups (broad SMARTS) is 1. The number of aliphatic carboxylic acids is 1. The minimum atomic E-state index is -0.979. The maximum Gasteiger partial charge on any atom is 0.329 e. The van der Waals surface area contributed by atoms with Crippen LogP contribution in [0.1, 0.15) is 13.8 Å². The first-order valence-corrected chi connectivity index (χ1v) is 8.79. The third-order valence-electron chi connectivity index (χ3n) is 2.09. The summed E-state index contributed by atoms with van der Waals surface area (Å²) in [7, 11) is 1.28. The van der Waals surface area contributed by atoms with Gasteiger partial charge in [0.1, 0.15) is 6.61 Å². The zero-order chi connectivity index (χ0) is 13.8. The molecule has 0 rings (SSSR count). The van der Waals surface area contributed by atoms with Crippen LogP contribution in [-0.2, 0) is 23.2 Å². The number of hydrogen-bond acceptors (Lipinski definition) is 6. The molecule has 0 aliphatic carbocycles. The Morgan fingerprint density at radius 1 is 1.17 bits per heavy atom. The lowest BCUT2D eigenvalue weighted by molar-refractivity contribution is -0.143. The Morgan fingerprint density at radius 2 is 1.72 bits per heavy atom. The van der Waals surface area contributed by atoms with E-state index in [1.165, 1.54) is 9.21 Å². The summed E-state index contributed by atoms with van der Waals surface area (Å²) in [5.74, 6) is -0.979. The first-order valence-electron chi connectivity index (χ1n) is 5.51. The van der Waals surface area contributed by atoms with E-state index in [4.69, 9.17) is 23.5 Å². The standard InChI is InChI=1S/C10H19IO6S/c1-8(9(2)16-5-6-17-18-11)15-4-3-14-7-10(12)13/h8-9H,3-7H2,1-2H3,(H,12,13). The van der Waals surface area contributed by atoms with Crippen LogP contribution >= 0.6 is 30.4 Å². The molecule has 0 spiro atoms. The first kappa shape index (κ1) is 18.4. The van der Waals surface area contributed by atoms with Gasteiger partial charge in [0.15, 0.2) is 0 Å². The van der Waals surface area contributed by atoms with E-state index < -0.39 is 5.97 Å². The van der Waals surface area contributed by atoms with Crippen molar-refractivity contribution in [3.8, 4) is 0 Å². The highest BCUT2D eigenvalue weighted by molar-refractivity contribution is 14.2. The Labute approximate surface area is 123 Å². The Bertz CT molecular complexity index is 219. The molecule has 0 aliphatic heterocycles. The van der Waals surface area contributed by atoms with Crippen LogP contribution in [0.4, 0.5) is 0 Å². The van der Waals surface area contributed by atoms with Crippen LogP contribution in [0.25, 0.3) is 0 Å². The second-order valence-corrected chi connectivity index (χ2v) is 4.92. The lowest BCUT2D eigenvalue weighted by Gasteiger charge is -2.20. The van der Waals surface area contributed by atoms with Crippen molar-refractivity contribution in [3.05, 3.63) is 0 Å². The Hall–Kier alpha value is 0.390. The fourth-order valence-electron chi connectivity index (χ4n) is 1.02. The molecule has 108 valence electrons. The molecule has 0 aliphatic rings. The zero-order valence-corrected chi connectivity index (χ0v) is 13.4. The minimum Gasteiger partial charge on any atom is -0.480 e. The summed E-state index contributed by atoms with van der Waals surface area (Å²) in [5.41, 5.74) is 0. The summed E-state index contributed by atoms with van der Waals surface area (Å²) in [4.78, 5) is 10.2. The van der Waals surface area contributed by atoms with Crippen LogP contribution in [-0.4, -0.2) is 56.3 Å². The van der Waals surface area contributed by atoms with Gasteiger partial charge in [-0.1, -0.05) is 0 Å². The molecule has 0 aromatic rings. The molecule has 0 radical (unpaired) electrons. The third-order valence-corrected chi connectivity index (χ3v) is 3.11. The normalized spacial score (nSPS) is 14.4. The van der Waals surface area contributed by atoms with Crippen molar-refractivity contribution in [1.82, 2.24) is 0 Å². The number of hydrogen-bond donors (Lipinski definition) is 1. The molecule has 0 aromatic carbocycles. The Balaban J connectivity index is 3.43. The molecule has 6 nitrogen and oxygen atoms in total. The second kappa shape index (κ2) is 12.4. The summed E-state index contributed by atoms with van der Waals surface area (Å²) in [5, 5.41) is 8.35. The minimum absolute atomic E-state index is 0.0488. The number of rotatable bonds is 12. The molecular weight excluding hydrogens is 375 g/mol. The van der Waals surface area contributed by atoms with Gasteiger partial charge in [-0.2, -0.15) is 0 Å². The van der Waals surface area contributed by atoms with Crippen LogP contribution < -0.4 is 0 Å². The van der Waals surface area contributed by atoms with E-state index in [1.54, 1.807) is 0 Å². The fourth-order valence-corrected chi connectivity index (χ4v) is 1.69. The maximum absolute atomic E-state index is 10.2. The third kappa shape index (κ3) is 11.5. The maximum atomic E-state index is 10.2. The molecule has 0 saturated heterocycles. The highest BCUT2D eigenvalue weighted by Gasteiger charge is 2.12. The van der Waals surface area contributed by atoms with Crippen LogP contribution in [0.2, 0.25) is 0 Å². The van der Waals surface area contributed by atoms with Gasteiger partial charge in [-0.15, -0.1) is 0 Å². The van der Waals surface area contributed by atoms with Crippen molar-refractivity contribution in [2.24, 2.45) is 0 Å². The summed E-state index contributed by atoms with van der Waals surface area (Å²) >= 11 is 2.05. The van der Waals surface area contributed by atoms with E-state index in [-0.39, 0.29) is 25.4 Å². The van der Waals surface area contributed by atoms with E-state index in [0.29, 0.717) is 19.8 Å². The summed E-state index contributed by atoms with van der Waals surface area (Å²) in [6, 6.07) is 0. The molecule has 0 amide bonds. The second-order valence-electron chi connectivity index (χ2n) is 3.48. The summed E-state index contributed by atoms with van der Waals surface area (Å²) in [6.07, 6.45) is -0.127. The molecule has 0 heterocycles. The van der Waals surface area contributed by atoms with E-state index in [2.05, 4.69) is 0 Å². The van der Waals surface area contributed by atoms with Crippen LogP contribution in [0.15, 0.2) is 0 Å². The van der Waals surface area contributed by atoms with Crippen molar-refractivity contribution < 1.29 is 28.3 Å². The van der Waals surface area contributed by atoms with Gasteiger partial charge < -0.3 is 23.5 Å². The number of ether oxygens (including phenoxy) is 3. The number of halogens is 1. The quantitative estimate of drug-likeness (QED) is 0.308. The largest absolute Gasteiger partial charge is 0.480 e. The first-order chi connectivity index (χ1) is 8.57. The van der Waals surface area contributed by atoms with Gasteiger partial charge in [0.2, 0.25) is 0 Å². The SMILES string of the molecule is CC(OCCOCC(=O)O)C(C)OCCOSI. The van der Waals surface area contributed by atoms with E-state index >= 15 is 0 Å². The predicted octanol–water partition coefficient (Wildman–Crippen LogP) is 1.91. The van der Waals surface area contributed by atoms with Gasteiger partial charge in [-0.3, -0.25) is 0 Å². The monoisotopic (exact) mass is 394 g/mol. The Morgan fingerprint density at radius 3 is 2.22 bits per heavy atom.